The van der Waals surface area contributed by atoms with E-state index in [0.29, 0.717) is 8.58 Å². The van der Waals surface area contributed by atoms with Gasteiger partial charge in [-0.15, -0.1) is 0 Å². The molecular formula is C50H36N3P. The molecule has 1 unspecified atom stereocenters. The number of fused-ring (bicyclic) bond motifs is 6. The van der Waals surface area contributed by atoms with E-state index in [1.165, 1.54) is 54.2 Å². The second-order valence-electron chi connectivity index (χ2n) is 13.6. The van der Waals surface area contributed by atoms with Gasteiger partial charge in [0.15, 0.2) is 0 Å². The molecule has 0 spiro atoms. The summed E-state index contributed by atoms with van der Waals surface area (Å²) >= 11 is 0. The van der Waals surface area contributed by atoms with Crippen LogP contribution in [0.5, 0.6) is 0 Å². The molecule has 10 aromatic rings. The summed E-state index contributed by atoms with van der Waals surface area (Å²) in [5.41, 5.74) is 11.4. The number of benzene rings is 8. The van der Waals surface area contributed by atoms with E-state index in [1.807, 2.05) is 6.08 Å². The third-order valence-electron chi connectivity index (χ3n) is 10.4. The van der Waals surface area contributed by atoms with Crippen LogP contribution in [0, 0.1) is 0 Å². The molecule has 1 atom stereocenters. The number of hydrogen-bond acceptors (Lipinski definition) is 1. The molecule has 2 heterocycles. The van der Waals surface area contributed by atoms with Crippen LogP contribution in [0.2, 0.25) is 0 Å². The van der Waals surface area contributed by atoms with Crippen LogP contribution < -0.4 is 15.5 Å². The van der Waals surface area contributed by atoms with Crippen LogP contribution in [0.25, 0.3) is 61.1 Å². The second-order valence-corrected chi connectivity index (χ2v) is 15.0. The van der Waals surface area contributed by atoms with E-state index in [-0.39, 0.29) is 0 Å². The zero-order valence-electron chi connectivity index (χ0n) is 29.6. The van der Waals surface area contributed by atoms with E-state index in [0.717, 1.165) is 34.0 Å². The fourth-order valence-electron chi connectivity index (χ4n) is 7.94. The summed E-state index contributed by atoms with van der Waals surface area (Å²) in [7, 11) is 0.584. The van der Waals surface area contributed by atoms with E-state index in [2.05, 4.69) is 215 Å². The number of rotatable bonds is 8. The van der Waals surface area contributed by atoms with Gasteiger partial charge in [-0.3, -0.25) is 0 Å². The molecule has 0 aliphatic rings. The van der Waals surface area contributed by atoms with Gasteiger partial charge < -0.3 is 14.0 Å². The Hall–Kier alpha value is -6.67. The predicted molar refractivity (Wildman–Crippen MR) is 234 cm³/mol. The van der Waals surface area contributed by atoms with Crippen molar-refractivity contribution in [2.75, 3.05) is 4.90 Å². The predicted octanol–water partition coefficient (Wildman–Crippen LogP) is 12.6. The molecule has 0 saturated heterocycles. The maximum atomic E-state index is 4.08. The average molecular weight is 710 g/mol. The average Bonchev–Trinajstić information content (AvgIpc) is 3.73. The van der Waals surface area contributed by atoms with E-state index < -0.39 is 0 Å². The Morgan fingerprint density at radius 3 is 1.57 bits per heavy atom. The van der Waals surface area contributed by atoms with Crippen LogP contribution >= 0.6 is 8.58 Å². The summed E-state index contributed by atoms with van der Waals surface area (Å²) in [4.78, 5) is 2.39. The van der Waals surface area contributed by atoms with Gasteiger partial charge in [-0.1, -0.05) is 130 Å². The molecule has 8 aromatic carbocycles. The second kappa shape index (κ2) is 13.4. The number of para-hydroxylation sites is 3. The SMILES string of the molecule is C=Cc1ccc2c(c1)c1cc(N(c3ccccc3)c3ccc4c5ccc(Pc6ccccc6)cc5n(-c5ccccc5)c4c3)ccc1n2-c1ccccc1. The molecule has 0 N–H and O–H groups in total. The molecule has 0 amide bonds. The van der Waals surface area contributed by atoms with Gasteiger partial charge in [0.05, 0.1) is 22.1 Å². The van der Waals surface area contributed by atoms with E-state index in [4.69, 9.17) is 0 Å². The highest BCUT2D eigenvalue weighted by atomic mass is 31.1. The Bertz CT molecular complexity index is 2960. The molecule has 54 heavy (non-hydrogen) atoms. The Balaban J connectivity index is 1.19. The van der Waals surface area contributed by atoms with Crippen LogP contribution in [-0.4, -0.2) is 9.13 Å². The highest BCUT2D eigenvalue weighted by molar-refractivity contribution is 7.55. The molecule has 0 fully saturated rings. The van der Waals surface area contributed by atoms with Crippen molar-refractivity contribution < 1.29 is 0 Å². The van der Waals surface area contributed by atoms with Crippen molar-refractivity contribution in [2.24, 2.45) is 0 Å². The van der Waals surface area contributed by atoms with Gasteiger partial charge >= 0.3 is 0 Å². The topological polar surface area (TPSA) is 13.1 Å². The molecule has 0 saturated carbocycles. The first-order chi connectivity index (χ1) is 26.7. The van der Waals surface area contributed by atoms with Gasteiger partial charge in [-0.2, -0.15) is 0 Å². The Kier molecular flexibility index (Phi) is 7.94. The molecule has 3 nitrogen and oxygen atoms in total. The molecule has 4 heteroatoms. The standard InChI is InChI=1S/C50H36N3P/c1-2-35-23-29-47-45(31-35)46-32-39(25-30-48(46)52(47)37-17-9-4-10-18-37)51(36-15-7-3-8-16-36)40-24-27-43-44-28-26-42(54-41-21-13-6-14-22-41)34-50(44)53(49(43)33-40)38-19-11-5-12-20-38/h2-34,54H,1H2. The van der Waals surface area contributed by atoms with Gasteiger partial charge in [-0.05, 0) is 101 Å². The lowest BCUT2D eigenvalue weighted by atomic mass is 10.1. The van der Waals surface area contributed by atoms with Gasteiger partial charge in [0, 0.05) is 50.0 Å². The van der Waals surface area contributed by atoms with Crippen LogP contribution in [0.4, 0.5) is 17.1 Å². The minimum atomic E-state index is 0.584. The summed E-state index contributed by atoms with van der Waals surface area (Å²) in [6.45, 7) is 4.08. The molecule has 10 rings (SSSR count). The number of aromatic nitrogens is 2. The summed E-state index contributed by atoms with van der Waals surface area (Å²) in [5.74, 6) is 0. The van der Waals surface area contributed by atoms with Crippen molar-refractivity contribution in [3.8, 4) is 11.4 Å². The lowest BCUT2D eigenvalue weighted by Crippen LogP contribution is -2.10. The molecule has 0 radical (unpaired) electrons. The first-order valence-corrected chi connectivity index (χ1v) is 19.3. The smallest absolute Gasteiger partial charge is 0.0561 e. The number of anilines is 3. The number of nitrogens with zero attached hydrogens (tertiary/aromatic N) is 3. The van der Waals surface area contributed by atoms with Crippen LogP contribution in [0.3, 0.4) is 0 Å². The van der Waals surface area contributed by atoms with Gasteiger partial charge in [0.25, 0.3) is 0 Å². The minimum Gasteiger partial charge on any atom is -0.310 e. The van der Waals surface area contributed by atoms with Crippen LogP contribution in [0.15, 0.2) is 201 Å². The monoisotopic (exact) mass is 709 g/mol. The summed E-state index contributed by atoms with van der Waals surface area (Å²) < 4.78 is 4.80. The molecule has 256 valence electrons. The molecule has 0 aliphatic heterocycles. The van der Waals surface area contributed by atoms with Crippen molar-refractivity contribution in [1.29, 1.82) is 0 Å². The highest BCUT2D eigenvalue weighted by Gasteiger charge is 2.20. The normalized spacial score (nSPS) is 11.7. The van der Waals surface area contributed by atoms with Crippen molar-refractivity contribution >= 4 is 85.9 Å². The van der Waals surface area contributed by atoms with Gasteiger partial charge in [-0.25, -0.2) is 0 Å². The largest absolute Gasteiger partial charge is 0.310 e. The third-order valence-corrected chi connectivity index (χ3v) is 11.6. The molecule has 0 aliphatic carbocycles. The lowest BCUT2D eigenvalue weighted by Gasteiger charge is -2.26. The van der Waals surface area contributed by atoms with Crippen LogP contribution in [-0.2, 0) is 0 Å². The fourth-order valence-corrected chi connectivity index (χ4v) is 9.01. The quantitative estimate of drug-likeness (QED) is 0.143. The van der Waals surface area contributed by atoms with E-state index in [9.17, 15) is 0 Å². The van der Waals surface area contributed by atoms with Crippen molar-refractivity contribution in [3.63, 3.8) is 0 Å². The van der Waals surface area contributed by atoms with E-state index in [1.54, 1.807) is 0 Å². The van der Waals surface area contributed by atoms with Gasteiger partial charge in [0.2, 0.25) is 0 Å². The Morgan fingerprint density at radius 2 is 0.907 bits per heavy atom. The molecule has 2 aromatic heterocycles. The number of hydrogen-bond donors (Lipinski definition) is 0. The Labute approximate surface area is 316 Å². The highest BCUT2D eigenvalue weighted by Crippen LogP contribution is 2.42. The maximum Gasteiger partial charge on any atom is 0.0561 e. The zero-order chi connectivity index (χ0) is 36.0. The first kappa shape index (κ1) is 32.0. The van der Waals surface area contributed by atoms with Crippen molar-refractivity contribution in [2.45, 2.75) is 0 Å². The van der Waals surface area contributed by atoms with Crippen molar-refractivity contribution in [3.05, 3.63) is 206 Å². The van der Waals surface area contributed by atoms with Gasteiger partial charge in [0.1, 0.15) is 0 Å². The Morgan fingerprint density at radius 1 is 0.389 bits per heavy atom. The summed E-state index contributed by atoms with van der Waals surface area (Å²) in [5, 5.41) is 7.54. The lowest BCUT2D eigenvalue weighted by molar-refractivity contribution is 1.17. The van der Waals surface area contributed by atoms with Crippen molar-refractivity contribution in [1.82, 2.24) is 9.13 Å². The first-order valence-electron chi connectivity index (χ1n) is 18.3. The molecular weight excluding hydrogens is 674 g/mol. The minimum absolute atomic E-state index is 0.584. The summed E-state index contributed by atoms with van der Waals surface area (Å²) in [6.07, 6.45) is 1.93. The fraction of sp³-hybridized carbons (Fsp3) is 0. The third kappa shape index (κ3) is 5.49. The van der Waals surface area contributed by atoms with E-state index >= 15 is 0 Å². The zero-order valence-corrected chi connectivity index (χ0v) is 30.6. The van der Waals surface area contributed by atoms with Crippen LogP contribution in [0.1, 0.15) is 5.56 Å². The molecule has 0 bridgehead atoms. The maximum absolute atomic E-state index is 4.08. The summed E-state index contributed by atoms with van der Waals surface area (Å²) in [6, 6.07) is 70.3.